The summed E-state index contributed by atoms with van der Waals surface area (Å²) < 4.78 is 10.8. The van der Waals surface area contributed by atoms with Crippen molar-refractivity contribution in [3.63, 3.8) is 0 Å². The lowest BCUT2D eigenvalue weighted by molar-refractivity contribution is -0.126. The van der Waals surface area contributed by atoms with Crippen molar-refractivity contribution in [3.8, 4) is 11.5 Å². The molecule has 0 bridgehead atoms. The van der Waals surface area contributed by atoms with Crippen molar-refractivity contribution in [3.05, 3.63) is 58.6 Å². The number of nitrogens with one attached hydrogen (secondary N) is 1. The van der Waals surface area contributed by atoms with Crippen LogP contribution in [0.5, 0.6) is 11.5 Å². The summed E-state index contributed by atoms with van der Waals surface area (Å²) in [5, 5.41) is 3.72. The second-order valence-corrected chi connectivity index (χ2v) is 7.95. The minimum absolute atomic E-state index is 0.0489. The van der Waals surface area contributed by atoms with Gasteiger partial charge in [0.15, 0.2) is 0 Å². The predicted octanol–water partition coefficient (Wildman–Crippen LogP) is 3.18. The number of ether oxygens (including phenoxy) is 2. The summed E-state index contributed by atoms with van der Waals surface area (Å²) in [7, 11) is 3.36. The van der Waals surface area contributed by atoms with Gasteiger partial charge in [-0.05, 0) is 42.8 Å². The zero-order valence-corrected chi connectivity index (χ0v) is 18.6. The third-order valence-corrected chi connectivity index (χ3v) is 5.85. The van der Waals surface area contributed by atoms with Crippen molar-refractivity contribution in [2.45, 2.75) is 26.1 Å². The van der Waals surface area contributed by atoms with Crippen LogP contribution in [0.15, 0.2) is 42.5 Å². The number of rotatable bonds is 8. The van der Waals surface area contributed by atoms with Crippen LogP contribution in [0.2, 0.25) is 5.02 Å². The van der Waals surface area contributed by atoms with Gasteiger partial charge in [-0.15, -0.1) is 0 Å². The van der Waals surface area contributed by atoms with Crippen molar-refractivity contribution >= 4 is 17.5 Å². The molecule has 3 rings (SSSR count). The molecule has 0 spiro atoms. The quantitative estimate of drug-likeness (QED) is 0.695. The van der Waals surface area contributed by atoms with Crippen molar-refractivity contribution in [1.82, 2.24) is 15.1 Å². The van der Waals surface area contributed by atoms with E-state index in [0.29, 0.717) is 11.6 Å². The highest BCUT2D eigenvalue weighted by Crippen LogP contribution is 2.25. The molecular formula is C23H30ClN3O3. The summed E-state index contributed by atoms with van der Waals surface area (Å²) in [6, 6.07) is 13.2. The largest absolute Gasteiger partial charge is 0.497 e. The fourth-order valence-corrected chi connectivity index (χ4v) is 3.79. The van der Waals surface area contributed by atoms with Gasteiger partial charge < -0.3 is 14.8 Å². The smallest absolute Gasteiger partial charge is 0.237 e. The lowest BCUT2D eigenvalue weighted by Crippen LogP contribution is -2.53. The number of piperazine rings is 1. The first-order chi connectivity index (χ1) is 14.5. The van der Waals surface area contributed by atoms with E-state index in [2.05, 4.69) is 15.1 Å². The molecule has 0 aliphatic carbocycles. The van der Waals surface area contributed by atoms with Crippen molar-refractivity contribution in [1.29, 1.82) is 0 Å². The van der Waals surface area contributed by atoms with Gasteiger partial charge in [0.2, 0.25) is 5.91 Å². The van der Waals surface area contributed by atoms with E-state index in [4.69, 9.17) is 21.1 Å². The topological polar surface area (TPSA) is 54.0 Å². The molecule has 2 aromatic carbocycles. The predicted molar refractivity (Wildman–Crippen MR) is 119 cm³/mol. The maximum absolute atomic E-state index is 12.6. The van der Waals surface area contributed by atoms with Gasteiger partial charge in [-0.1, -0.05) is 23.7 Å². The van der Waals surface area contributed by atoms with Crippen LogP contribution in [0.1, 0.15) is 18.1 Å². The second kappa shape index (κ2) is 10.7. The van der Waals surface area contributed by atoms with Crippen LogP contribution in [0.3, 0.4) is 0 Å². The second-order valence-electron chi connectivity index (χ2n) is 7.51. The summed E-state index contributed by atoms with van der Waals surface area (Å²) in [6.45, 7) is 6.77. The molecule has 1 aliphatic rings. The van der Waals surface area contributed by atoms with Gasteiger partial charge in [-0.25, -0.2) is 0 Å². The Morgan fingerprint density at radius 2 is 1.77 bits per heavy atom. The number of hydrogen-bond donors (Lipinski definition) is 1. The summed E-state index contributed by atoms with van der Waals surface area (Å²) >= 11 is 5.91. The van der Waals surface area contributed by atoms with Crippen LogP contribution in [0.25, 0.3) is 0 Å². The summed E-state index contributed by atoms with van der Waals surface area (Å²) in [5.41, 5.74) is 2.15. The summed E-state index contributed by atoms with van der Waals surface area (Å²) in [4.78, 5) is 17.2. The zero-order chi connectivity index (χ0) is 21.5. The number of methoxy groups -OCH3 is 2. The van der Waals surface area contributed by atoms with E-state index in [1.165, 1.54) is 0 Å². The molecule has 1 N–H and O–H groups in total. The van der Waals surface area contributed by atoms with E-state index in [1.54, 1.807) is 14.2 Å². The fraction of sp³-hybridized carbons (Fsp3) is 0.435. The highest BCUT2D eigenvalue weighted by molar-refractivity contribution is 6.30. The van der Waals surface area contributed by atoms with Crippen LogP contribution < -0.4 is 14.8 Å². The molecule has 1 unspecified atom stereocenters. The van der Waals surface area contributed by atoms with Crippen molar-refractivity contribution in [2.75, 3.05) is 40.4 Å². The Labute approximate surface area is 183 Å². The van der Waals surface area contributed by atoms with Crippen molar-refractivity contribution < 1.29 is 14.3 Å². The molecule has 2 aromatic rings. The highest BCUT2D eigenvalue weighted by Gasteiger charge is 2.26. The molecule has 1 fully saturated rings. The Bertz CT molecular complexity index is 836. The first-order valence-electron chi connectivity index (χ1n) is 10.2. The normalized spacial score (nSPS) is 16.1. The summed E-state index contributed by atoms with van der Waals surface area (Å²) in [5.74, 6) is 1.75. The van der Waals surface area contributed by atoms with Gasteiger partial charge in [-0.2, -0.15) is 0 Å². The number of carbonyl (C=O) groups is 1. The number of halogens is 1. The molecule has 0 saturated carbocycles. The standard InChI is InChI=1S/C23H30ClN3O3/c1-17(23(28)25-15-18-4-6-20(24)7-5-18)27-12-10-26(11-13-27)16-19-14-21(29-2)8-9-22(19)30-3/h4-9,14,17H,10-13,15-16H2,1-3H3,(H,25,28). The lowest BCUT2D eigenvalue weighted by Gasteiger charge is -2.37. The molecule has 6 nitrogen and oxygen atoms in total. The SMILES string of the molecule is COc1ccc(OC)c(CN2CCN(C(C)C(=O)NCc3ccc(Cl)cc3)CC2)c1. The van der Waals surface area contributed by atoms with E-state index in [-0.39, 0.29) is 11.9 Å². The molecule has 1 atom stereocenters. The average Bonchev–Trinajstić information content (AvgIpc) is 2.78. The summed E-state index contributed by atoms with van der Waals surface area (Å²) in [6.07, 6.45) is 0. The Hall–Kier alpha value is -2.28. The van der Waals surface area contributed by atoms with Gasteiger partial charge in [-0.3, -0.25) is 14.6 Å². The van der Waals surface area contributed by atoms with Gasteiger partial charge in [0, 0.05) is 49.9 Å². The lowest BCUT2D eigenvalue weighted by atomic mass is 10.1. The minimum atomic E-state index is -0.161. The maximum atomic E-state index is 12.6. The molecule has 0 aromatic heterocycles. The number of carbonyl (C=O) groups excluding carboxylic acids is 1. The molecular weight excluding hydrogens is 402 g/mol. The zero-order valence-electron chi connectivity index (χ0n) is 17.9. The Morgan fingerprint density at radius 1 is 1.07 bits per heavy atom. The van der Waals surface area contributed by atoms with Crippen LogP contribution in [0.4, 0.5) is 0 Å². The molecule has 162 valence electrons. The molecule has 1 heterocycles. The third kappa shape index (κ3) is 5.88. The molecule has 0 radical (unpaired) electrons. The van der Waals surface area contributed by atoms with Crippen LogP contribution in [-0.4, -0.2) is 62.1 Å². The van der Waals surface area contributed by atoms with Crippen LogP contribution in [-0.2, 0) is 17.9 Å². The number of benzene rings is 2. The van der Waals surface area contributed by atoms with E-state index in [9.17, 15) is 4.79 Å². The van der Waals surface area contributed by atoms with Gasteiger partial charge >= 0.3 is 0 Å². The van der Waals surface area contributed by atoms with E-state index in [1.807, 2.05) is 49.4 Å². The van der Waals surface area contributed by atoms with Gasteiger partial charge in [0.1, 0.15) is 11.5 Å². The molecule has 7 heteroatoms. The Morgan fingerprint density at radius 3 is 2.40 bits per heavy atom. The Kier molecular flexibility index (Phi) is 7.96. The molecule has 1 saturated heterocycles. The van der Waals surface area contributed by atoms with E-state index in [0.717, 1.165) is 55.3 Å². The number of hydrogen-bond acceptors (Lipinski definition) is 5. The molecule has 30 heavy (non-hydrogen) atoms. The maximum Gasteiger partial charge on any atom is 0.237 e. The van der Waals surface area contributed by atoms with E-state index >= 15 is 0 Å². The van der Waals surface area contributed by atoms with E-state index < -0.39 is 0 Å². The first-order valence-corrected chi connectivity index (χ1v) is 10.6. The number of nitrogens with zero attached hydrogens (tertiary/aromatic N) is 2. The van der Waals surface area contributed by atoms with Crippen LogP contribution >= 0.6 is 11.6 Å². The molecule has 1 aliphatic heterocycles. The fourth-order valence-electron chi connectivity index (χ4n) is 3.66. The first kappa shape index (κ1) is 22.4. The monoisotopic (exact) mass is 431 g/mol. The average molecular weight is 432 g/mol. The van der Waals surface area contributed by atoms with Crippen LogP contribution in [0, 0.1) is 0 Å². The van der Waals surface area contributed by atoms with Gasteiger partial charge in [0.25, 0.3) is 0 Å². The minimum Gasteiger partial charge on any atom is -0.497 e. The number of amides is 1. The Balaban J connectivity index is 1.48. The van der Waals surface area contributed by atoms with Gasteiger partial charge in [0.05, 0.1) is 20.3 Å². The van der Waals surface area contributed by atoms with Crippen molar-refractivity contribution in [2.24, 2.45) is 0 Å². The highest BCUT2D eigenvalue weighted by atomic mass is 35.5. The third-order valence-electron chi connectivity index (χ3n) is 5.60. The molecule has 1 amide bonds.